The van der Waals surface area contributed by atoms with Crippen LogP contribution in [0, 0.1) is 5.92 Å². The highest BCUT2D eigenvalue weighted by Crippen LogP contribution is 2.40. The first-order valence-electron chi connectivity index (χ1n) is 7.46. The van der Waals surface area contributed by atoms with Crippen LogP contribution in [0.1, 0.15) is 42.5 Å². The number of benzene rings is 1. The molecule has 0 aromatic heterocycles. The maximum absolute atomic E-state index is 12.6. The molecule has 1 unspecified atom stereocenters. The van der Waals surface area contributed by atoms with Gasteiger partial charge < -0.3 is 14.0 Å². The van der Waals surface area contributed by atoms with Crippen molar-refractivity contribution in [2.75, 3.05) is 20.4 Å². The molecular weight excluding hydrogens is 287 g/mol. The van der Waals surface area contributed by atoms with Crippen molar-refractivity contribution < 1.29 is 18.8 Å². The van der Waals surface area contributed by atoms with E-state index in [1.165, 1.54) is 33.5 Å². The van der Waals surface area contributed by atoms with Crippen molar-refractivity contribution in [2.24, 2.45) is 5.92 Å². The van der Waals surface area contributed by atoms with Gasteiger partial charge in [-0.1, -0.05) is 25.3 Å². The van der Waals surface area contributed by atoms with E-state index in [0.29, 0.717) is 29.1 Å². The van der Waals surface area contributed by atoms with Crippen molar-refractivity contribution >= 4 is 13.3 Å². The topological polar surface area (TPSA) is 52.6 Å². The Labute approximate surface area is 126 Å². The van der Waals surface area contributed by atoms with Crippen LogP contribution in [-0.2, 0) is 4.57 Å². The maximum atomic E-state index is 12.6. The lowest BCUT2D eigenvalue weighted by molar-refractivity contribution is 0.107. The van der Waals surface area contributed by atoms with E-state index < -0.39 is 7.80 Å². The lowest BCUT2D eigenvalue weighted by atomic mass is 9.91. The summed E-state index contributed by atoms with van der Waals surface area (Å²) in [6, 6.07) is 5.16. The smallest absolute Gasteiger partial charge is 0.225 e. The standard InChI is InChI=1S/C16H23O4P/c1-19-13-9-6-10-14(20-2)15(13)16(17)21(18)11-12-7-4-3-5-8-12/h6,9-10,12,21H,3-5,7-8,11H2,1-2H3. The third-order valence-corrected chi connectivity index (χ3v) is 5.81. The summed E-state index contributed by atoms with van der Waals surface area (Å²) in [4.78, 5) is 12.6. The fourth-order valence-electron chi connectivity index (χ4n) is 2.96. The molecule has 1 aromatic carbocycles. The molecule has 4 nitrogen and oxygen atoms in total. The third-order valence-electron chi connectivity index (χ3n) is 4.11. The Morgan fingerprint density at radius 1 is 1.14 bits per heavy atom. The number of hydrogen-bond donors (Lipinski definition) is 0. The van der Waals surface area contributed by atoms with Gasteiger partial charge >= 0.3 is 0 Å². The highest BCUT2D eigenvalue weighted by atomic mass is 31.1. The molecule has 1 aliphatic rings. The van der Waals surface area contributed by atoms with E-state index in [1.54, 1.807) is 18.2 Å². The van der Waals surface area contributed by atoms with Crippen molar-refractivity contribution in [2.45, 2.75) is 32.1 Å². The van der Waals surface area contributed by atoms with Crippen molar-refractivity contribution in [1.82, 2.24) is 0 Å². The molecule has 0 bridgehead atoms. The second kappa shape index (κ2) is 7.65. The molecule has 1 atom stereocenters. The quantitative estimate of drug-likeness (QED) is 0.746. The molecule has 1 aromatic rings. The van der Waals surface area contributed by atoms with Gasteiger partial charge in [0.05, 0.1) is 14.2 Å². The number of ether oxygens (including phenoxy) is 2. The fourth-order valence-corrected chi connectivity index (χ4v) is 4.60. The predicted molar refractivity (Wildman–Crippen MR) is 84.3 cm³/mol. The second-order valence-electron chi connectivity index (χ2n) is 5.50. The summed E-state index contributed by atoms with van der Waals surface area (Å²) in [5.41, 5.74) is 0.00192. The van der Waals surface area contributed by atoms with Gasteiger partial charge in [-0.3, -0.25) is 4.79 Å². The van der Waals surface area contributed by atoms with Crippen LogP contribution in [0.4, 0.5) is 0 Å². The number of rotatable bonds is 6. The molecule has 0 radical (unpaired) electrons. The lowest BCUT2D eigenvalue weighted by Crippen LogP contribution is -2.11. The first kappa shape index (κ1) is 16.1. The average molecular weight is 310 g/mol. The molecule has 0 N–H and O–H groups in total. The van der Waals surface area contributed by atoms with Crippen LogP contribution in [-0.4, -0.2) is 25.9 Å². The Bertz CT molecular complexity index is 499. The summed E-state index contributed by atoms with van der Waals surface area (Å²) >= 11 is 0. The molecule has 0 heterocycles. The molecule has 2 rings (SSSR count). The van der Waals surface area contributed by atoms with Crippen LogP contribution >= 0.6 is 7.80 Å². The SMILES string of the molecule is COc1cccc(OC)c1C(=O)[PH](=O)CC1CCCCC1. The third kappa shape index (κ3) is 3.88. The van der Waals surface area contributed by atoms with Gasteiger partial charge in [0.25, 0.3) is 0 Å². The Morgan fingerprint density at radius 2 is 1.71 bits per heavy atom. The van der Waals surface area contributed by atoms with Crippen LogP contribution in [0.25, 0.3) is 0 Å². The van der Waals surface area contributed by atoms with Crippen LogP contribution in [0.5, 0.6) is 11.5 Å². The highest BCUT2D eigenvalue weighted by molar-refractivity contribution is 7.64. The zero-order valence-electron chi connectivity index (χ0n) is 12.7. The monoisotopic (exact) mass is 310 g/mol. The molecule has 1 saturated carbocycles. The molecule has 116 valence electrons. The summed E-state index contributed by atoms with van der Waals surface area (Å²) in [7, 11) is 0.676. The van der Waals surface area contributed by atoms with Crippen LogP contribution in [0.3, 0.4) is 0 Å². The zero-order valence-corrected chi connectivity index (χ0v) is 13.7. The molecule has 0 amide bonds. The van der Waals surface area contributed by atoms with Gasteiger partial charge in [-0.05, 0) is 30.9 Å². The van der Waals surface area contributed by atoms with Gasteiger partial charge in [-0.15, -0.1) is 0 Å². The van der Waals surface area contributed by atoms with Crippen molar-refractivity contribution in [3.05, 3.63) is 23.8 Å². The molecule has 0 spiro atoms. The van der Waals surface area contributed by atoms with Gasteiger partial charge in [-0.25, -0.2) is 0 Å². The van der Waals surface area contributed by atoms with Crippen molar-refractivity contribution in [3.8, 4) is 11.5 Å². The summed E-state index contributed by atoms with van der Waals surface area (Å²) in [5.74, 6) is 1.29. The Kier molecular flexibility index (Phi) is 5.86. The normalized spacial score (nSPS) is 17.2. The van der Waals surface area contributed by atoms with Gasteiger partial charge in [0.1, 0.15) is 24.9 Å². The minimum absolute atomic E-state index is 0.320. The summed E-state index contributed by atoms with van der Waals surface area (Å²) in [6.07, 6.45) is 6.33. The average Bonchev–Trinajstić information content (AvgIpc) is 2.54. The van der Waals surface area contributed by atoms with Crippen molar-refractivity contribution in [1.29, 1.82) is 0 Å². The fraction of sp³-hybridized carbons (Fsp3) is 0.562. The van der Waals surface area contributed by atoms with Gasteiger partial charge in [-0.2, -0.15) is 0 Å². The molecule has 1 aliphatic carbocycles. The first-order valence-corrected chi connectivity index (χ1v) is 9.07. The van der Waals surface area contributed by atoms with E-state index in [9.17, 15) is 9.36 Å². The Balaban J connectivity index is 2.16. The number of carbonyl (C=O) groups is 1. The molecule has 1 fully saturated rings. The van der Waals surface area contributed by atoms with E-state index in [2.05, 4.69) is 0 Å². The second-order valence-corrected chi connectivity index (χ2v) is 7.21. The summed E-state index contributed by atoms with van der Waals surface area (Å²) in [5, 5.41) is 0. The summed E-state index contributed by atoms with van der Waals surface area (Å²) < 4.78 is 22.9. The molecular formula is C16H23O4P. The number of carbonyl (C=O) groups excluding carboxylic acids is 1. The molecule has 0 saturated heterocycles. The molecule has 0 aliphatic heterocycles. The van der Waals surface area contributed by atoms with Crippen molar-refractivity contribution in [3.63, 3.8) is 0 Å². The summed E-state index contributed by atoms with van der Waals surface area (Å²) in [6.45, 7) is 0. The minimum atomic E-state index is -2.33. The zero-order chi connectivity index (χ0) is 15.2. The highest BCUT2D eigenvalue weighted by Gasteiger charge is 2.26. The van der Waals surface area contributed by atoms with E-state index in [4.69, 9.17) is 9.47 Å². The van der Waals surface area contributed by atoms with Gasteiger partial charge in [0, 0.05) is 6.16 Å². The van der Waals surface area contributed by atoms with Crippen LogP contribution < -0.4 is 9.47 Å². The largest absolute Gasteiger partial charge is 0.496 e. The van der Waals surface area contributed by atoms with Crippen LogP contribution in [0.2, 0.25) is 0 Å². The first-order chi connectivity index (χ1) is 10.2. The number of hydrogen-bond acceptors (Lipinski definition) is 4. The van der Waals surface area contributed by atoms with Gasteiger partial charge in [0.15, 0.2) is 0 Å². The van der Waals surface area contributed by atoms with E-state index in [-0.39, 0.29) is 5.52 Å². The Morgan fingerprint density at radius 3 is 2.24 bits per heavy atom. The van der Waals surface area contributed by atoms with E-state index >= 15 is 0 Å². The Hall–Kier alpha value is -1.28. The minimum Gasteiger partial charge on any atom is -0.496 e. The molecule has 5 heteroatoms. The van der Waals surface area contributed by atoms with Crippen LogP contribution in [0.15, 0.2) is 18.2 Å². The van der Waals surface area contributed by atoms with E-state index in [1.807, 2.05) is 0 Å². The number of methoxy groups -OCH3 is 2. The van der Waals surface area contributed by atoms with Gasteiger partial charge in [0.2, 0.25) is 5.52 Å². The maximum Gasteiger partial charge on any atom is 0.225 e. The molecule has 21 heavy (non-hydrogen) atoms. The predicted octanol–water partition coefficient (Wildman–Crippen LogP) is 3.98. The van der Waals surface area contributed by atoms with E-state index in [0.717, 1.165) is 12.8 Å². The lowest BCUT2D eigenvalue weighted by Gasteiger charge is -2.21.